The van der Waals surface area contributed by atoms with Crippen molar-refractivity contribution < 1.29 is 23.9 Å². The van der Waals surface area contributed by atoms with E-state index >= 15 is 0 Å². The number of carbonyl (C=O) groups is 4. The summed E-state index contributed by atoms with van der Waals surface area (Å²) in [6, 6.07) is 5.45. The van der Waals surface area contributed by atoms with E-state index < -0.39 is 48.7 Å². The summed E-state index contributed by atoms with van der Waals surface area (Å²) in [6.07, 6.45) is 1.37. The van der Waals surface area contributed by atoms with Crippen molar-refractivity contribution in [3.05, 3.63) is 28.2 Å². The molecule has 2 bridgehead atoms. The molecule has 2 saturated carbocycles. The highest BCUT2D eigenvalue weighted by Gasteiger charge is 2.66. The lowest BCUT2D eigenvalue weighted by atomic mass is 9.80. The van der Waals surface area contributed by atoms with Crippen molar-refractivity contribution in [2.24, 2.45) is 23.7 Å². The van der Waals surface area contributed by atoms with E-state index in [9.17, 15) is 19.2 Å². The van der Waals surface area contributed by atoms with Gasteiger partial charge in [-0.15, -0.1) is 23.2 Å². The molecular formula is C21H21BrCl2N2O5. The molecule has 0 aromatic heterocycles. The van der Waals surface area contributed by atoms with Crippen molar-refractivity contribution in [2.45, 2.75) is 30.5 Å². The van der Waals surface area contributed by atoms with E-state index in [4.69, 9.17) is 27.9 Å². The first kappa shape index (κ1) is 22.6. The number of rotatable bonds is 6. The fourth-order valence-corrected chi connectivity index (χ4v) is 6.35. The van der Waals surface area contributed by atoms with Crippen LogP contribution in [0.1, 0.15) is 18.9 Å². The summed E-state index contributed by atoms with van der Waals surface area (Å²) in [6.45, 7) is 0.928. The molecule has 2 aliphatic carbocycles. The molecule has 1 aliphatic heterocycles. The van der Waals surface area contributed by atoms with Crippen molar-refractivity contribution in [3.8, 4) is 0 Å². The minimum atomic E-state index is -0.819. The Hall–Kier alpha value is -1.64. The van der Waals surface area contributed by atoms with Crippen LogP contribution in [-0.2, 0) is 30.3 Å². The summed E-state index contributed by atoms with van der Waals surface area (Å²) in [7, 11) is 0. The largest absolute Gasteiger partial charge is 0.454 e. The summed E-state index contributed by atoms with van der Waals surface area (Å²) >= 11 is 16.0. The standard InChI is InChI=1S/C21H21BrCl2N2O5/c1-2-9-5-10(22)3-4-13(9)25-14(27)8-31-15(28)7-26-20(29)16-11-6-12(17(16)21(26)30)19(24)18(11)23/h3-5,11-12,16-19H,2,6-8H2,1H3,(H,25,27)/t11-,12-,16-,17-,18+,19+/m1/s1. The van der Waals surface area contributed by atoms with E-state index in [0.717, 1.165) is 14.9 Å². The smallest absolute Gasteiger partial charge is 0.326 e. The minimum absolute atomic E-state index is 0.152. The molecule has 0 spiro atoms. The van der Waals surface area contributed by atoms with Crippen LogP contribution in [0.5, 0.6) is 0 Å². The lowest BCUT2D eigenvalue weighted by molar-refractivity contribution is -0.154. The molecule has 1 aromatic rings. The van der Waals surface area contributed by atoms with Gasteiger partial charge in [0.1, 0.15) is 6.54 Å². The summed E-state index contributed by atoms with van der Waals surface area (Å²) in [5.41, 5.74) is 1.56. The first-order valence-electron chi connectivity index (χ1n) is 10.1. The quantitative estimate of drug-likeness (QED) is 0.346. The van der Waals surface area contributed by atoms with Gasteiger partial charge in [-0.1, -0.05) is 22.9 Å². The third kappa shape index (κ3) is 3.98. The maximum atomic E-state index is 12.8. The summed E-state index contributed by atoms with van der Waals surface area (Å²) in [4.78, 5) is 50.9. The number of hydrogen-bond acceptors (Lipinski definition) is 5. The van der Waals surface area contributed by atoms with Crippen molar-refractivity contribution in [1.82, 2.24) is 4.90 Å². The van der Waals surface area contributed by atoms with E-state index in [0.29, 0.717) is 18.5 Å². The molecule has 7 nitrogen and oxygen atoms in total. The summed E-state index contributed by atoms with van der Waals surface area (Å²) in [5.74, 6) is -3.47. The molecular weight excluding hydrogens is 511 g/mol. The number of imide groups is 1. The number of benzene rings is 1. The zero-order valence-corrected chi connectivity index (χ0v) is 19.7. The van der Waals surface area contributed by atoms with Crippen LogP contribution in [0, 0.1) is 23.7 Å². The van der Waals surface area contributed by atoms with Gasteiger partial charge in [-0.25, -0.2) is 0 Å². The van der Waals surface area contributed by atoms with Crippen LogP contribution < -0.4 is 5.32 Å². The fraction of sp³-hybridized carbons (Fsp3) is 0.524. The Morgan fingerprint density at radius 3 is 2.35 bits per heavy atom. The molecule has 1 aromatic carbocycles. The van der Waals surface area contributed by atoms with Gasteiger partial charge in [-0.05, 0) is 48.4 Å². The van der Waals surface area contributed by atoms with Crippen LogP contribution in [0.2, 0.25) is 0 Å². The van der Waals surface area contributed by atoms with Crippen LogP contribution in [-0.4, -0.2) is 52.5 Å². The first-order valence-corrected chi connectivity index (χ1v) is 11.8. The number of nitrogens with one attached hydrogen (secondary N) is 1. The minimum Gasteiger partial charge on any atom is -0.454 e. The topological polar surface area (TPSA) is 92.8 Å². The zero-order chi connectivity index (χ0) is 22.4. The average Bonchev–Trinajstić information content (AvgIpc) is 3.34. The number of halogens is 3. The predicted octanol–water partition coefficient (Wildman–Crippen LogP) is 2.96. The van der Waals surface area contributed by atoms with Crippen molar-refractivity contribution in [3.63, 3.8) is 0 Å². The molecule has 166 valence electrons. The number of nitrogens with zero attached hydrogens (tertiary/aromatic N) is 1. The Morgan fingerprint density at radius 1 is 1.16 bits per heavy atom. The molecule has 0 unspecified atom stereocenters. The number of anilines is 1. The van der Waals surface area contributed by atoms with Crippen LogP contribution in [0.3, 0.4) is 0 Å². The van der Waals surface area contributed by atoms with Gasteiger partial charge in [0.2, 0.25) is 11.8 Å². The Balaban J connectivity index is 1.32. The second-order valence-corrected chi connectivity index (χ2v) is 10.1. The molecule has 6 atom stereocenters. The summed E-state index contributed by atoms with van der Waals surface area (Å²) < 4.78 is 5.90. The fourth-order valence-electron chi connectivity index (χ4n) is 5.05. The van der Waals surface area contributed by atoms with E-state index in [1.54, 1.807) is 12.1 Å². The number of fused-ring (bicyclic) bond motifs is 5. The second kappa shape index (κ2) is 8.71. The number of likely N-dealkylation sites (tertiary alicyclic amines) is 1. The monoisotopic (exact) mass is 530 g/mol. The van der Waals surface area contributed by atoms with Crippen molar-refractivity contribution in [1.29, 1.82) is 0 Å². The number of esters is 1. The van der Waals surface area contributed by atoms with Crippen LogP contribution in [0.4, 0.5) is 5.69 Å². The van der Waals surface area contributed by atoms with Crippen molar-refractivity contribution >= 4 is 68.5 Å². The van der Waals surface area contributed by atoms with Crippen molar-refractivity contribution in [2.75, 3.05) is 18.5 Å². The van der Waals surface area contributed by atoms with Gasteiger partial charge in [0.25, 0.3) is 5.91 Å². The Morgan fingerprint density at radius 2 is 1.77 bits per heavy atom. The van der Waals surface area contributed by atoms with Crippen LogP contribution >= 0.6 is 39.1 Å². The van der Waals surface area contributed by atoms with Gasteiger partial charge in [0.15, 0.2) is 6.61 Å². The lowest BCUT2D eigenvalue weighted by Crippen LogP contribution is -2.38. The number of aryl methyl sites for hydroxylation is 1. The normalized spacial score (nSPS) is 31.2. The highest BCUT2D eigenvalue weighted by atomic mass is 79.9. The van der Waals surface area contributed by atoms with Gasteiger partial charge in [-0.3, -0.25) is 24.1 Å². The molecule has 10 heteroatoms. The third-order valence-corrected chi connectivity index (χ3v) is 8.26. The Kier molecular flexibility index (Phi) is 6.34. The predicted molar refractivity (Wildman–Crippen MR) is 118 cm³/mol. The maximum absolute atomic E-state index is 12.8. The lowest BCUT2D eigenvalue weighted by Gasteiger charge is -2.28. The molecule has 3 amide bonds. The molecule has 3 fully saturated rings. The van der Waals surface area contributed by atoms with Gasteiger partial charge >= 0.3 is 5.97 Å². The zero-order valence-electron chi connectivity index (χ0n) is 16.6. The molecule has 3 aliphatic rings. The molecule has 0 radical (unpaired) electrons. The second-order valence-electron chi connectivity index (χ2n) is 8.13. The molecule has 4 rings (SSSR count). The van der Waals surface area contributed by atoms with Crippen LogP contribution in [0.25, 0.3) is 0 Å². The van der Waals surface area contributed by atoms with Gasteiger partial charge in [0.05, 0.1) is 22.6 Å². The summed E-state index contributed by atoms with van der Waals surface area (Å²) in [5, 5.41) is 1.99. The number of alkyl halides is 2. The molecule has 1 N–H and O–H groups in total. The van der Waals surface area contributed by atoms with Gasteiger partial charge < -0.3 is 10.1 Å². The molecule has 1 saturated heterocycles. The van der Waals surface area contributed by atoms with Crippen LogP contribution in [0.15, 0.2) is 22.7 Å². The average molecular weight is 532 g/mol. The molecule has 1 heterocycles. The molecule has 31 heavy (non-hydrogen) atoms. The third-order valence-electron chi connectivity index (χ3n) is 6.45. The number of amides is 3. The van der Waals surface area contributed by atoms with Gasteiger partial charge in [-0.2, -0.15) is 0 Å². The SMILES string of the molecule is CCc1cc(Br)ccc1NC(=O)COC(=O)CN1C(=O)[C@@H]2[C@H]3C[C@@H]([C@H](Cl)[C@H]3Cl)[C@H]2C1=O. The highest BCUT2D eigenvalue weighted by molar-refractivity contribution is 9.10. The Bertz CT molecular complexity index is 926. The first-order chi connectivity index (χ1) is 14.7. The number of hydrogen-bond donors (Lipinski definition) is 1. The van der Waals surface area contributed by atoms with Gasteiger partial charge in [0, 0.05) is 10.2 Å². The number of carbonyl (C=O) groups excluding carboxylic acids is 4. The number of ether oxygens (including phenoxy) is 1. The highest BCUT2D eigenvalue weighted by Crippen LogP contribution is 2.59. The van der Waals surface area contributed by atoms with E-state index in [1.807, 2.05) is 13.0 Å². The van der Waals surface area contributed by atoms with E-state index in [2.05, 4.69) is 21.2 Å². The van der Waals surface area contributed by atoms with E-state index in [-0.39, 0.29) is 22.6 Å². The Labute approximate surface area is 197 Å². The van der Waals surface area contributed by atoms with E-state index in [1.165, 1.54) is 0 Å². The maximum Gasteiger partial charge on any atom is 0.326 e.